The van der Waals surface area contributed by atoms with Crippen LogP contribution in [0.3, 0.4) is 0 Å². The Bertz CT molecular complexity index is 570. The summed E-state index contributed by atoms with van der Waals surface area (Å²) in [5.74, 6) is 0.806. The summed E-state index contributed by atoms with van der Waals surface area (Å²) in [7, 11) is 0. The Morgan fingerprint density at radius 1 is 1.07 bits per heavy atom. The smallest absolute Gasteiger partial charge is 0.150 e. The van der Waals surface area contributed by atoms with Crippen LogP contribution in [0.4, 0.5) is 0 Å². The molecule has 5 nitrogen and oxygen atoms in total. The van der Waals surface area contributed by atoms with Crippen molar-refractivity contribution in [1.29, 1.82) is 0 Å². The van der Waals surface area contributed by atoms with Crippen molar-refractivity contribution in [3.8, 4) is 5.75 Å². The predicted octanol–water partition coefficient (Wildman–Crippen LogP) is 3.71. The molecule has 150 valence electrons. The number of hydrogen-bond acceptors (Lipinski definition) is 5. The van der Waals surface area contributed by atoms with Crippen LogP contribution in [0.15, 0.2) is 24.3 Å². The minimum atomic E-state index is 0.108. The zero-order chi connectivity index (χ0) is 19.1. The third kappa shape index (κ3) is 5.09. The molecule has 2 aliphatic rings. The molecule has 5 heteroatoms. The second-order valence-electron chi connectivity index (χ2n) is 7.44. The van der Waals surface area contributed by atoms with E-state index >= 15 is 0 Å². The summed E-state index contributed by atoms with van der Waals surface area (Å²) in [6, 6.07) is 8.27. The molecule has 1 heterocycles. The molecule has 3 rings (SSSR count). The SMILES string of the molecule is CCO[C@@H]1[C@H](OCC)CN(C2CCCC2)[C@H]1CCOc1ccc(C=O)cc1. The van der Waals surface area contributed by atoms with Gasteiger partial charge in [-0.05, 0) is 57.4 Å². The fourth-order valence-electron chi connectivity index (χ4n) is 4.58. The van der Waals surface area contributed by atoms with Crippen LogP contribution >= 0.6 is 0 Å². The van der Waals surface area contributed by atoms with Crippen LogP contribution in [-0.2, 0) is 9.47 Å². The van der Waals surface area contributed by atoms with Crippen LogP contribution in [0.25, 0.3) is 0 Å². The van der Waals surface area contributed by atoms with E-state index in [4.69, 9.17) is 14.2 Å². The molecule has 0 amide bonds. The number of benzene rings is 1. The predicted molar refractivity (Wildman–Crippen MR) is 106 cm³/mol. The minimum absolute atomic E-state index is 0.108. The van der Waals surface area contributed by atoms with E-state index in [-0.39, 0.29) is 12.2 Å². The van der Waals surface area contributed by atoms with Gasteiger partial charge in [-0.25, -0.2) is 0 Å². The van der Waals surface area contributed by atoms with Gasteiger partial charge in [-0.1, -0.05) is 12.8 Å². The highest BCUT2D eigenvalue weighted by Crippen LogP contribution is 2.34. The first-order valence-electron chi connectivity index (χ1n) is 10.4. The average Bonchev–Trinajstić information content (AvgIpc) is 3.33. The maximum Gasteiger partial charge on any atom is 0.150 e. The van der Waals surface area contributed by atoms with Crippen LogP contribution in [0.2, 0.25) is 0 Å². The number of carbonyl (C=O) groups excluding carboxylic acids is 1. The quantitative estimate of drug-likeness (QED) is 0.584. The third-order valence-corrected chi connectivity index (χ3v) is 5.79. The lowest BCUT2D eigenvalue weighted by atomic mass is 10.1. The molecule has 3 atom stereocenters. The lowest BCUT2D eigenvalue weighted by Crippen LogP contribution is -2.43. The molecule has 1 aromatic carbocycles. The average molecular weight is 376 g/mol. The van der Waals surface area contributed by atoms with E-state index in [1.54, 1.807) is 12.1 Å². The summed E-state index contributed by atoms with van der Waals surface area (Å²) >= 11 is 0. The molecule has 0 unspecified atom stereocenters. The lowest BCUT2D eigenvalue weighted by Gasteiger charge is -2.32. The first-order valence-corrected chi connectivity index (χ1v) is 10.4. The molecule has 1 aliphatic carbocycles. The third-order valence-electron chi connectivity index (χ3n) is 5.79. The molecule has 0 spiro atoms. The van der Waals surface area contributed by atoms with Gasteiger partial charge in [0.15, 0.2) is 0 Å². The van der Waals surface area contributed by atoms with E-state index in [0.717, 1.165) is 31.6 Å². The van der Waals surface area contributed by atoms with Gasteiger partial charge in [-0.2, -0.15) is 0 Å². The Kier molecular flexibility index (Phi) is 7.68. The molecule has 1 saturated heterocycles. The standard InChI is InChI=1S/C22H33NO4/c1-3-25-21-15-23(18-7-5-6-8-18)20(22(21)26-4-2)13-14-27-19-11-9-17(16-24)10-12-19/h9-12,16,18,20-22H,3-8,13-15H2,1-2H3/t20-,21+,22-/m0/s1. The fourth-order valence-corrected chi connectivity index (χ4v) is 4.58. The number of likely N-dealkylation sites (tertiary alicyclic amines) is 1. The molecule has 0 N–H and O–H groups in total. The van der Waals surface area contributed by atoms with Crippen LogP contribution in [0.5, 0.6) is 5.75 Å². The highest BCUT2D eigenvalue weighted by atomic mass is 16.5. The van der Waals surface area contributed by atoms with Gasteiger partial charge in [0.05, 0.1) is 12.7 Å². The van der Waals surface area contributed by atoms with Gasteiger partial charge in [0, 0.05) is 37.4 Å². The number of aldehydes is 1. The van der Waals surface area contributed by atoms with Crippen molar-refractivity contribution >= 4 is 6.29 Å². The molecule has 1 aliphatic heterocycles. The van der Waals surface area contributed by atoms with Crippen molar-refractivity contribution in [1.82, 2.24) is 4.90 Å². The Balaban J connectivity index is 1.63. The molecule has 27 heavy (non-hydrogen) atoms. The van der Waals surface area contributed by atoms with Gasteiger partial charge in [-0.3, -0.25) is 9.69 Å². The van der Waals surface area contributed by atoms with Crippen LogP contribution < -0.4 is 4.74 Å². The highest BCUT2D eigenvalue weighted by Gasteiger charge is 2.45. The van der Waals surface area contributed by atoms with Gasteiger partial charge in [0.25, 0.3) is 0 Å². The summed E-state index contributed by atoms with van der Waals surface area (Å²) < 4.78 is 18.1. The molecule has 2 fully saturated rings. The number of carbonyl (C=O) groups is 1. The number of hydrogen-bond donors (Lipinski definition) is 0. The molecule has 0 bridgehead atoms. The van der Waals surface area contributed by atoms with E-state index in [1.807, 2.05) is 12.1 Å². The van der Waals surface area contributed by atoms with Crippen molar-refractivity contribution < 1.29 is 19.0 Å². The normalized spacial score (nSPS) is 26.5. The molecule has 1 aromatic rings. The highest BCUT2D eigenvalue weighted by molar-refractivity contribution is 5.74. The summed E-state index contributed by atoms with van der Waals surface area (Å²) in [6.45, 7) is 7.14. The topological polar surface area (TPSA) is 48.0 Å². The summed E-state index contributed by atoms with van der Waals surface area (Å²) in [5.41, 5.74) is 0.668. The molecule has 1 saturated carbocycles. The Hall–Kier alpha value is -1.43. The van der Waals surface area contributed by atoms with Crippen LogP contribution in [0, 0.1) is 0 Å². The van der Waals surface area contributed by atoms with E-state index in [1.165, 1.54) is 25.7 Å². The van der Waals surface area contributed by atoms with Crippen molar-refractivity contribution in [2.24, 2.45) is 0 Å². The second-order valence-corrected chi connectivity index (χ2v) is 7.44. The summed E-state index contributed by atoms with van der Waals surface area (Å²) in [5, 5.41) is 0. The van der Waals surface area contributed by atoms with E-state index in [2.05, 4.69) is 18.7 Å². The number of nitrogens with zero attached hydrogens (tertiary/aromatic N) is 1. The molecular weight excluding hydrogens is 342 g/mol. The molecule has 0 aromatic heterocycles. The van der Waals surface area contributed by atoms with Gasteiger partial charge < -0.3 is 14.2 Å². The van der Waals surface area contributed by atoms with Gasteiger partial charge in [0.1, 0.15) is 18.1 Å². The monoisotopic (exact) mass is 375 g/mol. The van der Waals surface area contributed by atoms with Gasteiger partial charge in [-0.15, -0.1) is 0 Å². The number of ether oxygens (including phenoxy) is 3. The minimum Gasteiger partial charge on any atom is -0.494 e. The maximum absolute atomic E-state index is 10.8. The van der Waals surface area contributed by atoms with E-state index in [0.29, 0.717) is 30.9 Å². The van der Waals surface area contributed by atoms with Crippen molar-refractivity contribution in [2.45, 2.75) is 70.2 Å². The van der Waals surface area contributed by atoms with Gasteiger partial charge in [0.2, 0.25) is 0 Å². The Morgan fingerprint density at radius 3 is 2.41 bits per heavy atom. The number of rotatable bonds is 10. The zero-order valence-electron chi connectivity index (χ0n) is 16.6. The van der Waals surface area contributed by atoms with Gasteiger partial charge >= 0.3 is 0 Å². The summed E-state index contributed by atoms with van der Waals surface area (Å²) in [6.07, 6.45) is 7.23. The lowest BCUT2D eigenvalue weighted by molar-refractivity contribution is -0.0542. The summed E-state index contributed by atoms with van der Waals surface area (Å²) in [4.78, 5) is 13.4. The molecule has 0 radical (unpaired) electrons. The maximum atomic E-state index is 10.8. The zero-order valence-corrected chi connectivity index (χ0v) is 16.6. The second kappa shape index (κ2) is 10.2. The largest absolute Gasteiger partial charge is 0.494 e. The van der Waals surface area contributed by atoms with E-state index < -0.39 is 0 Å². The van der Waals surface area contributed by atoms with Crippen LogP contribution in [0.1, 0.15) is 56.3 Å². The molecular formula is C22H33NO4. The van der Waals surface area contributed by atoms with Crippen molar-refractivity contribution in [3.05, 3.63) is 29.8 Å². The fraction of sp³-hybridized carbons (Fsp3) is 0.682. The first-order chi connectivity index (χ1) is 13.3. The Morgan fingerprint density at radius 2 is 1.78 bits per heavy atom. The van der Waals surface area contributed by atoms with E-state index in [9.17, 15) is 4.79 Å². The first kappa shape index (κ1) is 20.3. The van der Waals surface area contributed by atoms with Crippen molar-refractivity contribution in [3.63, 3.8) is 0 Å². The van der Waals surface area contributed by atoms with Crippen LogP contribution in [-0.4, -0.2) is 61.8 Å². The van der Waals surface area contributed by atoms with Crippen molar-refractivity contribution in [2.75, 3.05) is 26.4 Å². The Labute approximate surface area is 163 Å².